The summed E-state index contributed by atoms with van der Waals surface area (Å²) in [5, 5.41) is 12.2. The molecule has 2 aliphatic carbocycles. The number of ether oxygens (including phenoxy) is 2. The Labute approximate surface area is 174 Å². The number of piperidine rings is 1. The maximum atomic E-state index is 13.4. The minimum atomic E-state index is -1.21. The van der Waals surface area contributed by atoms with E-state index in [0.29, 0.717) is 42.9 Å². The molecule has 2 aliphatic heterocycles. The van der Waals surface area contributed by atoms with Crippen LogP contribution in [0, 0.1) is 0 Å². The van der Waals surface area contributed by atoms with E-state index in [0.717, 1.165) is 11.1 Å². The number of rotatable bonds is 2. The van der Waals surface area contributed by atoms with E-state index in [4.69, 9.17) is 9.47 Å². The molecule has 2 heterocycles. The lowest BCUT2D eigenvalue weighted by Crippen LogP contribution is -2.77. The van der Waals surface area contributed by atoms with Crippen molar-refractivity contribution in [1.29, 1.82) is 0 Å². The van der Waals surface area contributed by atoms with E-state index >= 15 is 0 Å². The van der Waals surface area contributed by atoms with Gasteiger partial charge in [-0.15, -0.1) is 0 Å². The monoisotopic (exact) mass is 405 g/mol. The standard InChI is InChI=1S/C24H23NO5/c1-29-17-8-7-15-13-18-24(28)10-9-16(26)21-23(24,19(15)20(17)30-21)11-12-25(18)22(27)14-5-3-2-4-6-14/h2-8,18,21,28H,9-13H2,1H3/t18-,21+,23+,24-/m0/s1. The highest BCUT2D eigenvalue weighted by Crippen LogP contribution is 2.64. The number of amides is 1. The quantitative estimate of drug-likeness (QED) is 0.830. The third kappa shape index (κ3) is 1.93. The van der Waals surface area contributed by atoms with Crippen LogP contribution in [0.25, 0.3) is 0 Å². The number of ketones is 1. The molecule has 6 rings (SSSR count). The molecule has 154 valence electrons. The number of carbonyl (C=O) groups is 2. The van der Waals surface area contributed by atoms with Gasteiger partial charge in [-0.25, -0.2) is 0 Å². The first kappa shape index (κ1) is 18.0. The average Bonchev–Trinajstić information content (AvgIpc) is 3.12. The zero-order valence-corrected chi connectivity index (χ0v) is 16.8. The number of benzene rings is 2. The molecule has 2 bridgehead atoms. The van der Waals surface area contributed by atoms with Gasteiger partial charge in [-0.3, -0.25) is 9.59 Å². The van der Waals surface area contributed by atoms with Crippen LogP contribution >= 0.6 is 0 Å². The number of carbonyl (C=O) groups excluding carboxylic acids is 2. The molecule has 4 aliphatic rings. The number of aliphatic hydroxyl groups is 1. The zero-order chi connectivity index (χ0) is 20.7. The number of hydrogen-bond donors (Lipinski definition) is 1. The van der Waals surface area contributed by atoms with Gasteiger partial charge in [0.25, 0.3) is 5.91 Å². The first-order valence-electron chi connectivity index (χ1n) is 10.5. The molecule has 2 aromatic carbocycles. The van der Waals surface area contributed by atoms with E-state index in [1.165, 1.54) is 0 Å². The van der Waals surface area contributed by atoms with Crippen LogP contribution in [0.4, 0.5) is 0 Å². The van der Waals surface area contributed by atoms with Crippen molar-refractivity contribution >= 4 is 11.7 Å². The third-order valence-electron chi connectivity index (χ3n) is 7.74. The van der Waals surface area contributed by atoms with Gasteiger partial charge in [0.15, 0.2) is 23.4 Å². The van der Waals surface area contributed by atoms with Gasteiger partial charge in [0.2, 0.25) is 0 Å². The number of Topliss-reactive ketones (excluding diaryl/α,β-unsaturated/α-hetero) is 1. The smallest absolute Gasteiger partial charge is 0.254 e. The second-order valence-electron chi connectivity index (χ2n) is 8.83. The van der Waals surface area contributed by atoms with Crippen molar-refractivity contribution in [3.63, 3.8) is 0 Å². The van der Waals surface area contributed by atoms with E-state index in [1.54, 1.807) is 7.11 Å². The van der Waals surface area contributed by atoms with E-state index in [9.17, 15) is 14.7 Å². The van der Waals surface area contributed by atoms with Gasteiger partial charge in [-0.2, -0.15) is 0 Å². The molecule has 1 amide bonds. The van der Waals surface area contributed by atoms with Gasteiger partial charge in [0.05, 0.1) is 24.2 Å². The van der Waals surface area contributed by atoms with Crippen molar-refractivity contribution in [1.82, 2.24) is 4.90 Å². The fourth-order valence-electron chi connectivity index (χ4n) is 6.47. The minimum Gasteiger partial charge on any atom is -0.493 e. The van der Waals surface area contributed by atoms with Crippen LogP contribution in [0.2, 0.25) is 0 Å². The fourth-order valence-corrected chi connectivity index (χ4v) is 6.47. The number of methoxy groups -OCH3 is 1. The van der Waals surface area contributed by atoms with Crippen LogP contribution < -0.4 is 9.47 Å². The Balaban J connectivity index is 1.54. The van der Waals surface area contributed by atoms with Crippen molar-refractivity contribution in [2.24, 2.45) is 0 Å². The molecule has 0 aromatic heterocycles. The molecular weight excluding hydrogens is 382 g/mol. The molecule has 4 atom stereocenters. The van der Waals surface area contributed by atoms with Crippen LogP contribution in [0.3, 0.4) is 0 Å². The number of nitrogens with zero attached hydrogens (tertiary/aromatic N) is 1. The number of likely N-dealkylation sites (tertiary alicyclic amines) is 1. The Hall–Kier alpha value is -2.86. The third-order valence-corrected chi connectivity index (χ3v) is 7.74. The summed E-state index contributed by atoms with van der Waals surface area (Å²) in [7, 11) is 1.59. The van der Waals surface area contributed by atoms with Gasteiger partial charge in [0, 0.05) is 24.1 Å². The predicted molar refractivity (Wildman–Crippen MR) is 108 cm³/mol. The van der Waals surface area contributed by atoms with Crippen molar-refractivity contribution in [3.8, 4) is 11.5 Å². The second-order valence-corrected chi connectivity index (χ2v) is 8.83. The van der Waals surface area contributed by atoms with E-state index in [-0.39, 0.29) is 18.1 Å². The van der Waals surface area contributed by atoms with Crippen molar-refractivity contribution in [3.05, 3.63) is 59.2 Å². The van der Waals surface area contributed by atoms with Gasteiger partial charge in [-0.05, 0) is 43.0 Å². The molecule has 1 saturated heterocycles. The Morgan fingerprint density at radius 3 is 2.77 bits per heavy atom. The summed E-state index contributed by atoms with van der Waals surface area (Å²) in [5.41, 5.74) is 0.537. The highest BCUT2D eigenvalue weighted by atomic mass is 16.5. The summed E-state index contributed by atoms with van der Waals surface area (Å²) in [6, 6.07) is 12.7. The molecule has 0 radical (unpaired) electrons. The molecule has 2 aromatic rings. The van der Waals surface area contributed by atoms with Gasteiger partial charge in [-0.1, -0.05) is 24.3 Å². The predicted octanol–water partition coefficient (Wildman–Crippen LogP) is 2.26. The lowest BCUT2D eigenvalue weighted by molar-refractivity contribution is -0.181. The first-order valence-corrected chi connectivity index (χ1v) is 10.5. The second kappa shape index (κ2) is 5.85. The van der Waals surface area contributed by atoms with Gasteiger partial charge >= 0.3 is 0 Å². The van der Waals surface area contributed by atoms with Crippen molar-refractivity contribution in [2.45, 2.75) is 48.8 Å². The van der Waals surface area contributed by atoms with Crippen LogP contribution in [0.1, 0.15) is 40.7 Å². The SMILES string of the molecule is COc1ccc2c3c1O[C@@H]1C(=O)CC[C@]4(O)[C@H](C2)N(C(=O)c2ccccc2)CC[C@@]314. The van der Waals surface area contributed by atoms with Crippen LogP contribution in [0.5, 0.6) is 11.5 Å². The molecule has 1 saturated carbocycles. The molecule has 0 unspecified atom stereocenters. The topological polar surface area (TPSA) is 76.1 Å². The summed E-state index contributed by atoms with van der Waals surface area (Å²) in [4.78, 5) is 28.1. The van der Waals surface area contributed by atoms with E-state index in [2.05, 4.69) is 0 Å². The summed E-state index contributed by atoms with van der Waals surface area (Å²) in [6.07, 6.45) is 0.886. The Morgan fingerprint density at radius 1 is 1.20 bits per heavy atom. The van der Waals surface area contributed by atoms with Gasteiger partial charge < -0.3 is 19.5 Å². The zero-order valence-electron chi connectivity index (χ0n) is 16.8. The maximum Gasteiger partial charge on any atom is 0.254 e. The van der Waals surface area contributed by atoms with Crippen LogP contribution in [-0.4, -0.2) is 53.1 Å². The summed E-state index contributed by atoms with van der Waals surface area (Å²) in [6.45, 7) is 0.476. The minimum absolute atomic E-state index is 0.0207. The fraction of sp³-hybridized carbons (Fsp3) is 0.417. The first-order chi connectivity index (χ1) is 14.5. The van der Waals surface area contributed by atoms with Crippen LogP contribution in [-0.2, 0) is 16.6 Å². The molecule has 1 spiro atoms. The molecule has 6 nitrogen and oxygen atoms in total. The molecule has 6 heteroatoms. The van der Waals surface area contributed by atoms with E-state index < -0.39 is 23.2 Å². The number of hydrogen-bond acceptors (Lipinski definition) is 5. The lowest BCUT2D eigenvalue weighted by atomic mass is 9.49. The molecular formula is C24H23NO5. The Morgan fingerprint density at radius 2 is 2.00 bits per heavy atom. The highest BCUT2D eigenvalue weighted by molar-refractivity contribution is 5.95. The molecule has 30 heavy (non-hydrogen) atoms. The Kier molecular flexibility index (Phi) is 3.50. The highest BCUT2D eigenvalue weighted by Gasteiger charge is 2.73. The summed E-state index contributed by atoms with van der Waals surface area (Å²) >= 11 is 0. The van der Waals surface area contributed by atoms with E-state index in [1.807, 2.05) is 47.4 Å². The molecule has 1 N–H and O–H groups in total. The van der Waals surface area contributed by atoms with Crippen molar-refractivity contribution < 1.29 is 24.2 Å². The maximum absolute atomic E-state index is 13.4. The normalized spacial score (nSPS) is 33.0. The summed E-state index contributed by atoms with van der Waals surface area (Å²) in [5.74, 6) is 1.13. The summed E-state index contributed by atoms with van der Waals surface area (Å²) < 4.78 is 11.7. The van der Waals surface area contributed by atoms with Gasteiger partial charge in [0.1, 0.15) is 0 Å². The largest absolute Gasteiger partial charge is 0.493 e. The average molecular weight is 405 g/mol. The molecule has 2 fully saturated rings. The lowest BCUT2D eigenvalue weighted by Gasteiger charge is -2.62. The van der Waals surface area contributed by atoms with Crippen molar-refractivity contribution in [2.75, 3.05) is 13.7 Å². The Bertz CT molecular complexity index is 1080. The van der Waals surface area contributed by atoms with Crippen LogP contribution in [0.15, 0.2) is 42.5 Å².